The van der Waals surface area contributed by atoms with Gasteiger partial charge in [-0.25, -0.2) is 9.18 Å². The fraction of sp³-hybridized carbons (Fsp3) is 0.0870. The molecule has 0 unspecified atom stereocenters. The summed E-state index contributed by atoms with van der Waals surface area (Å²) in [7, 11) is 0. The number of nitrogens with zero attached hydrogens (tertiary/aromatic N) is 4. The van der Waals surface area contributed by atoms with E-state index in [2.05, 4.69) is 15.4 Å². The van der Waals surface area contributed by atoms with Gasteiger partial charge in [0.25, 0.3) is 11.5 Å². The molecule has 0 atom stereocenters. The van der Waals surface area contributed by atoms with Gasteiger partial charge in [0.05, 0.1) is 24.5 Å². The third-order valence-electron chi connectivity index (χ3n) is 4.71. The van der Waals surface area contributed by atoms with Crippen LogP contribution in [0.1, 0.15) is 21.7 Å². The number of rotatable bonds is 6. The Morgan fingerprint density at radius 3 is 2.58 bits per heavy atom. The molecule has 4 rings (SSSR count). The first-order valence-corrected chi connectivity index (χ1v) is 10.2. The van der Waals surface area contributed by atoms with Gasteiger partial charge in [-0.2, -0.15) is 9.78 Å². The van der Waals surface area contributed by atoms with Gasteiger partial charge in [-0.1, -0.05) is 35.9 Å². The van der Waals surface area contributed by atoms with Gasteiger partial charge in [-0.15, -0.1) is 0 Å². The Bertz CT molecular complexity index is 1440. The SMILES string of the molecule is O=C(NCc1ccccn1)c1nn(-c2cccc(Cl)c2)c(=O)n(Cc2cccc(F)c2)c1=O. The van der Waals surface area contributed by atoms with Gasteiger partial charge in [0.2, 0.25) is 5.69 Å². The standard InChI is InChI=1S/C23H17ClFN5O3/c24-16-6-4-9-19(12-16)30-23(33)29(14-15-5-3-7-17(25)11-15)22(32)20(28-30)21(31)27-13-18-8-1-2-10-26-18/h1-12H,13-14H2,(H,27,31). The van der Waals surface area contributed by atoms with Crippen molar-refractivity contribution in [2.45, 2.75) is 13.1 Å². The summed E-state index contributed by atoms with van der Waals surface area (Å²) in [5.41, 5.74) is -0.984. The minimum atomic E-state index is -0.902. The molecular weight excluding hydrogens is 449 g/mol. The highest BCUT2D eigenvalue weighted by molar-refractivity contribution is 6.30. The van der Waals surface area contributed by atoms with E-state index in [0.29, 0.717) is 16.3 Å². The van der Waals surface area contributed by atoms with Gasteiger partial charge in [-0.05, 0) is 48.0 Å². The lowest BCUT2D eigenvalue weighted by Crippen LogP contribution is -2.46. The Hall–Kier alpha value is -4.11. The smallest absolute Gasteiger partial charge is 0.345 e. The number of hydrogen-bond acceptors (Lipinski definition) is 5. The molecule has 166 valence electrons. The number of hydrogen-bond donors (Lipinski definition) is 1. The summed E-state index contributed by atoms with van der Waals surface area (Å²) < 4.78 is 15.4. The summed E-state index contributed by atoms with van der Waals surface area (Å²) >= 11 is 6.05. The van der Waals surface area contributed by atoms with Crippen LogP contribution in [0.2, 0.25) is 5.02 Å². The molecule has 4 aromatic rings. The predicted molar refractivity (Wildman–Crippen MR) is 120 cm³/mol. The lowest BCUT2D eigenvalue weighted by molar-refractivity contribution is 0.0940. The van der Waals surface area contributed by atoms with Gasteiger partial charge in [0.1, 0.15) is 5.82 Å². The first-order chi connectivity index (χ1) is 15.9. The van der Waals surface area contributed by atoms with Crippen LogP contribution in [0.15, 0.2) is 82.5 Å². The van der Waals surface area contributed by atoms with E-state index in [9.17, 15) is 18.8 Å². The van der Waals surface area contributed by atoms with E-state index in [1.807, 2.05) is 0 Å². The molecule has 0 aliphatic heterocycles. The maximum atomic E-state index is 13.7. The molecule has 0 bridgehead atoms. The maximum Gasteiger partial charge on any atom is 0.352 e. The van der Waals surface area contributed by atoms with Crippen molar-refractivity contribution in [1.82, 2.24) is 24.6 Å². The van der Waals surface area contributed by atoms with Gasteiger partial charge in [0.15, 0.2) is 0 Å². The van der Waals surface area contributed by atoms with Gasteiger partial charge >= 0.3 is 5.69 Å². The van der Waals surface area contributed by atoms with Crippen molar-refractivity contribution in [2.24, 2.45) is 0 Å². The molecule has 0 aliphatic rings. The second-order valence-electron chi connectivity index (χ2n) is 7.05. The maximum absolute atomic E-state index is 13.7. The third kappa shape index (κ3) is 5.04. The summed E-state index contributed by atoms with van der Waals surface area (Å²) in [6.07, 6.45) is 1.57. The second-order valence-corrected chi connectivity index (χ2v) is 7.48. The average molecular weight is 466 g/mol. The number of amides is 1. The summed E-state index contributed by atoms with van der Waals surface area (Å²) in [5, 5.41) is 6.95. The molecular formula is C23H17ClFN5O3. The molecule has 33 heavy (non-hydrogen) atoms. The highest BCUT2D eigenvalue weighted by Crippen LogP contribution is 2.12. The average Bonchev–Trinajstić information content (AvgIpc) is 2.81. The van der Waals surface area contributed by atoms with Crippen LogP contribution in [0, 0.1) is 5.82 Å². The number of carbonyl (C=O) groups excluding carboxylic acids is 1. The summed E-state index contributed by atoms with van der Waals surface area (Å²) in [6, 6.07) is 17.0. The molecule has 8 nitrogen and oxygen atoms in total. The minimum absolute atomic E-state index is 0.0565. The van der Waals surface area contributed by atoms with E-state index in [1.165, 1.54) is 24.3 Å². The van der Waals surface area contributed by atoms with E-state index in [0.717, 1.165) is 9.25 Å². The molecule has 2 heterocycles. The van der Waals surface area contributed by atoms with Crippen LogP contribution in [-0.2, 0) is 13.1 Å². The van der Waals surface area contributed by atoms with Crippen LogP contribution in [0.5, 0.6) is 0 Å². The summed E-state index contributed by atoms with van der Waals surface area (Å²) in [5.74, 6) is -1.30. The van der Waals surface area contributed by atoms with Crippen molar-refractivity contribution >= 4 is 17.5 Å². The zero-order chi connectivity index (χ0) is 23.4. The van der Waals surface area contributed by atoms with Gasteiger partial charge < -0.3 is 5.32 Å². The molecule has 0 spiro atoms. The van der Waals surface area contributed by atoms with Crippen LogP contribution < -0.4 is 16.6 Å². The number of nitrogens with one attached hydrogen (secondary N) is 1. The monoisotopic (exact) mass is 465 g/mol. The molecule has 0 radical (unpaired) electrons. The van der Waals surface area contributed by atoms with Crippen molar-refractivity contribution in [1.29, 1.82) is 0 Å². The van der Waals surface area contributed by atoms with E-state index in [-0.39, 0.29) is 18.8 Å². The Morgan fingerprint density at radius 2 is 1.85 bits per heavy atom. The summed E-state index contributed by atoms with van der Waals surface area (Å²) in [4.78, 5) is 43.2. The molecule has 2 aromatic heterocycles. The Labute approximate surface area is 191 Å². The van der Waals surface area contributed by atoms with E-state index in [1.54, 1.807) is 48.7 Å². The summed E-state index contributed by atoms with van der Waals surface area (Å²) in [6.45, 7) is -0.194. The normalized spacial score (nSPS) is 10.7. The van der Waals surface area contributed by atoms with E-state index in [4.69, 9.17) is 11.6 Å². The van der Waals surface area contributed by atoms with Crippen LogP contribution in [0.4, 0.5) is 4.39 Å². The van der Waals surface area contributed by atoms with E-state index < -0.39 is 28.7 Å². The highest BCUT2D eigenvalue weighted by atomic mass is 35.5. The number of benzene rings is 2. The number of pyridine rings is 1. The van der Waals surface area contributed by atoms with E-state index >= 15 is 0 Å². The van der Waals surface area contributed by atoms with Crippen molar-refractivity contribution < 1.29 is 9.18 Å². The van der Waals surface area contributed by atoms with Crippen LogP contribution in [0.3, 0.4) is 0 Å². The Balaban J connectivity index is 1.79. The molecule has 10 heteroatoms. The zero-order valence-corrected chi connectivity index (χ0v) is 17.9. The number of carbonyl (C=O) groups is 1. The predicted octanol–water partition coefficient (Wildman–Crippen LogP) is 2.56. The lowest BCUT2D eigenvalue weighted by Gasteiger charge is -2.12. The minimum Gasteiger partial charge on any atom is -0.345 e. The van der Waals surface area contributed by atoms with Crippen molar-refractivity contribution in [2.75, 3.05) is 0 Å². The molecule has 1 N–H and O–H groups in total. The molecule has 0 aliphatic carbocycles. The van der Waals surface area contributed by atoms with Crippen molar-refractivity contribution in [3.8, 4) is 5.69 Å². The fourth-order valence-electron chi connectivity index (χ4n) is 3.15. The topological polar surface area (TPSA) is 98.9 Å². The lowest BCUT2D eigenvalue weighted by atomic mass is 10.2. The number of aromatic nitrogens is 4. The largest absolute Gasteiger partial charge is 0.352 e. The quantitative estimate of drug-likeness (QED) is 0.472. The molecule has 0 saturated heterocycles. The molecule has 1 amide bonds. The first kappa shape index (κ1) is 22.1. The Kier molecular flexibility index (Phi) is 6.41. The van der Waals surface area contributed by atoms with Gasteiger partial charge in [0, 0.05) is 11.2 Å². The van der Waals surface area contributed by atoms with Crippen molar-refractivity contribution in [3.05, 3.63) is 122 Å². The van der Waals surface area contributed by atoms with Crippen LogP contribution >= 0.6 is 11.6 Å². The van der Waals surface area contributed by atoms with Crippen LogP contribution in [-0.4, -0.2) is 25.2 Å². The van der Waals surface area contributed by atoms with Crippen molar-refractivity contribution in [3.63, 3.8) is 0 Å². The number of halogens is 2. The third-order valence-corrected chi connectivity index (χ3v) is 4.95. The highest BCUT2D eigenvalue weighted by Gasteiger charge is 2.20. The zero-order valence-electron chi connectivity index (χ0n) is 17.1. The molecule has 0 saturated carbocycles. The fourth-order valence-corrected chi connectivity index (χ4v) is 3.33. The molecule has 2 aromatic carbocycles. The molecule has 0 fully saturated rings. The first-order valence-electron chi connectivity index (χ1n) is 9.85. The van der Waals surface area contributed by atoms with Gasteiger partial charge in [-0.3, -0.25) is 19.1 Å². The van der Waals surface area contributed by atoms with Crippen LogP contribution in [0.25, 0.3) is 5.69 Å². The Morgan fingerprint density at radius 1 is 1.03 bits per heavy atom. The second kappa shape index (κ2) is 9.58.